The number of nitrogens with one attached hydrogen (secondary N) is 5. The Bertz CT molecular complexity index is 1280. The van der Waals surface area contributed by atoms with Crippen molar-refractivity contribution in [2.45, 2.75) is 71.1 Å². The van der Waals surface area contributed by atoms with Crippen LogP contribution in [0.2, 0.25) is 0 Å². The summed E-state index contributed by atoms with van der Waals surface area (Å²) in [5.74, 6) is -2.90. The van der Waals surface area contributed by atoms with E-state index in [0.717, 1.165) is 0 Å². The predicted molar refractivity (Wildman–Crippen MR) is 153 cm³/mol. The van der Waals surface area contributed by atoms with E-state index in [1.807, 2.05) is 0 Å². The second kappa shape index (κ2) is 14.4. The fourth-order valence-corrected chi connectivity index (χ4v) is 4.21. The van der Waals surface area contributed by atoms with Crippen LogP contribution in [0.25, 0.3) is 0 Å². The van der Waals surface area contributed by atoms with E-state index < -0.39 is 59.6 Å². The lowest BCUT2D eigenvalue weighted by atomic mass is 9.98. The molecular formula is C29H39N7O6. The van der Waals surface area contributed by atoms with Gasteiger partial charge in [0.2, 0.25) is 23.6 Å². The molecule has 13 nitrogen and oxygen atoms in total. The van der Waals surface area contributed by atoms with Crippen molar-refractivity contribution in [1.29, 1.82) is 0 Å². The van der Waals surface area contributed by atoms with Crippen molar-refractivity contribution in [3.8, 4) is 5.75 Å². The summed E-state index contributed by atoms with van der Waals surface area (Å²) < 4.78 is 5.87. The molecule has 13 heteroatoms. The molecule has 5 amide bonds. The number of hydrogen-bond donors (Lipinski definition) is 5. The third kappa shape index (κ3) is 8.98. The number of hydrogen-bond acceptors (Lipinski definition) is 8. The minimum atomic E-state index is -1.43. The van der Waals surface area contributed by atoms with Crippen molar-refractivity contribution in [1.82, 2.24) is 36.6 Å². The van der Waals surface area contributed by atoms with Crippen molar-refractivity contribution >= 4 is 29.5 Å². The molecule has 0 aliphatic carbocycles. The van der Waals surface area contributed by atoms with Gasteiger partial charge in [0, 0.05) is 31.6 Å². The number of aromatic nitrogens is 2. The smallest absolute Gasteiger partial charge is 0.255 e. The molecule has 0 unspecified atom stereocenters. The minimum Gasteiger partial charge on any atom is -0.491 e. The summed E-state index contributed by atoms with van der Waals surface area (Å²) in [7, 11) is 0. The number of rotatable bonds is 5. The molecule has 5 N–H and O–H groups in total. The van der Waals surface area contributed by atoms with Gasteiger partial charge in [-0.15, -0.1) is 0 Å². The monoisotopic (exact) mass is 581 g/mol. The lowest BCUT2D eigenvalue weighted by molar-refractivity contribution is -0.136. The predicted octanol–water partition coefficient (Wildman–Crippen LogP) is 0.257. The molecule has 226 valence electrons. The van der Waals surface area contributed by atoms with Crippen molar-refractivity contribution in [2.24, 2.45) is 5.92 Å². The van der Waals surface area contributed by atoms with Crippen LogP contribution in [0.4, 0.5) is 0 Å². The third-order valence-electron chi connectivity index (χ3n) is 6.57. The number of benzene rings is 1. The molecule has 1 aliphatic rings. The molecule has 1 aromatic carbocycles. The quantitative estimate of drug-likeness (QED) is 0.333. The van der Waals surface area contributed by atoms with Crippen LogP contribution in [-0.2, 0) is 25.6 Å². The number of para-hydroxylation sites is 1. The van der Waals surface area contributed by atoms with Crippen LogP contribution in [0.5, 0.6) is 5.75 Å². The van der Waals surface area contributed by atoms with E-state index in [0.29, 0.717) is 12.1 Å². The van der Waals surface area contributed by atoms with Gasteiger partial charge in [-0.3, -0.25) is 33.9 Å². The largest absolute Gasteiger partial charge is 0.491 e. The molecule has 0 saturated carbocycles. The summed E-state index contributed by atoms with van der Waals surface area (Å²) in [5, 5.41) is 13.5. The summed E-state index contributed by atoms with van der Waals surface area (Å²) in [6.45, 7) is 8.53. The second-order valence-electron chi connectivity index (χ2n) is 11.1. The van der Waals surface area contributed by atoms with Crippen LogP contribution >= 0.6 is 0 Å². The van der Waals surface area contributed by atoms with Crippen LogP contribution in [-0.4, -0.2) is 76.3 Å². The number of carbonyl (C=O) groups excluding carboxylic acids is 5. The van der Waals surface area contributed by atoms with E-state index in [1.165, 1.54) is 26.1 Å². The van der Waals surface area contributed by atoms with Crippen molar-refractivity contribution in [2.75, 3.05) is 13.2 Å². The van der Waals surface area contributed by atoms with Crippen molar-refractivity contribution < 1.29 is 28.7 Å². The van der Waals surface area contributed by atoms with E-state index >= 15 is 0 Å². The highest BCUT2D eigenvalue weighted by molar-refractivity contribution is 6.01. The van der Waals surface area contributed by atoms with Crippen LogP contribution < -0.4 is 31.3 Å². The number of nitrogens with zero attached hydrogens (tertiary/aromatic N) is 2. The van der Waals surface area contributed by atoms with Gasteiger partial charge in [-0.2, -0.15) is 0 Å². The van der Waals surface area contributed by atoms with Crippen LogP contribution in [0, 0.1) is 5.92 Å². The Balaban J connectivity index is 1.88. The van der Waals surface area contributed by atoms with Gasteiger partial charge in [-0.25, -0.2) is 0 Å². The minimum absolute atomic E-state index is 0.0343. The highest BCUT2D eigenvalue weighted by Gasteiger charge is 2.36. The van der Waals surface area contributed by atoms with Gasteiger partial charge >= 0.3 is 0 Å². The van der Waals surface area contributed by atoms with Crippen LogP contribution in [0.3, 0.4) is 0 Å². The number of amides is 5. The molecule has 0 bridgehead atoms. The first-order chi connectivity index (χ1) is 19.9. The van der Waals surface area contributed by atoms with E-state index in [1.54, 1.807) is 51.4 Å². The standard InChI is InChI=1S/C29H39N7O6/c1-17(2)24-27(40)33-18(3)16-42-22-9-7-6-8-20(22)25(38)34-21(14-23(37)36-29(4,5)28(41)35-24)26(39)32-11-10-19-15-30-12-13-31-19/h6-9,12-13,15,17-18,21,24H,10-11,14,16H2,1-5H3,(H,32,39)(H,33,40)(H,34,38)(H,35,41)(H,36,37)/t18-,21-,24+/m0/s1. The zero-order valence-corrected chi connectivity index (χ0v) is 24.5. The maximum absolute atomic E-state index is 13.3. The lowest BCUT2D eigenvalue weighted by Gasteiger charge is -2.30. The van der Waals surface area contributed by atoms with Crippen molar-refractivity contribution in [3.05, 3.63) is 54.1 Å². The topological polar surface area (TPSA) is 181 Å². The summed E-state index contributed by atoms with van der Waals surface area (Å²) in [5.41, 5.74) is -0.624. The van der Waals surface area contributed by atoms with Gasteiger partial charge in [0.25, 0.3) is 5.91 Å². The number of ether oxygens (including phenoxy) is 1. The lowest BCUT2D eigenvalue weighted by Crippen LogP contribution is -2.61. The molecule has 0 radical (unpaired) electrons. The summed E-state index contributed by atoms with van der Waals surface area (Å²) in [6.07, 6.45) is 4.59. The van der Waals surface area contributed by atoms with Gasteiger partial charge in [0.1, 0.15) is 30.0 Å². The van der Waals surface area contributed by atoms with E-state index in [2.05, 4.69) is 36.6 Å². The Hall–Kier alpha value is -4.55. The highest BCUT2D eigenvalue weighted by Crippen LogP contribution is 2.19. The first-order valence-electron chi connectivity index (χ1n) is 13.8. The molecule has 2 aromatic rings. The average Bonchev–Trinajstić information content (AvgIpc) is 2.93. The molecule has 0 fully saturated rings. The van der Waals surface area contributed by atoms with E-state index in [4.69, 9.17) is 4.74 Å². The zero-order valence-electron chi connectivity index (χ0n) is 24.5. The highest BCUT2D eigenvalue weighted by atomic mass is 16.5. The number of carbonyl (C=O) groups is 5. The van der Waals surface area contributed by atoms with Gasteiger partial charge in [0.05, 0.1) is 23.7 Å². The molecule has 3 rings (SSSR count). The Morgan fingerprint density at radius 2 is 1.83 bits per heavy atom. The molecule has 0 saturated heterocycles. The second-order valence-corrected chi connectivity index (χ2v) is 11.1. The van der Waals surface area contributed by atoms with Crippen molar-refractivity contribution in [3.63, 3.8) is 0 Å². The first-order valence-corrected chi connectivity index (χ1v) is 13.8. The maximum atomic E-state index is 13.3. The van der Waals surface area contributed by atoms with Gasteiger partial charge < -0.3 is 31.3 Å². The summed E-state index contributed by atoms with van der Waals surface area (Å²) in [4.78, 5) is 74.1. The molecule has 0 spiro atoms. The Labute approximate surface area is 245 Å². The number of fused-ring (bicyclic) bond motifs is 1. The first kappa shape index (κ1) is 32.0. The Morgan fingerprint density at radius 1 is 1.10 bits per heavy atom. The Morgan fingerprint density at radius 3 is 2.52 bits per heavy atom. The van der Waals surface area contributed by atoms with Crippen LogP contribution in [0.1, 0.15) is 57.1 Å². The molecule has 1 aliphatic heterocycles. The molecule has 3 atom stereocenters. The Kier molecular flexibility index (Phi) is 10.9. The average molecular weight is 582 g/mol. The molecular weight excluding hydrogens is 542 g/mol. The fraction of sp³-hybridized carbons (Fsp3) is 0.483. The zero-order chi connectivity index (χ0) is 30.9. The van der Waals surface area contributed by atoms with E-state index in [9.17, 15) is 24.0 Å². The normalized spacial score (nSPS) is 21.9. The van der Waals surface area contributed by atoms with Crippen LogP contribution in [0.15, 0.2) is 42.9 Å². The molecule has 42 heavy (non-hydrogen) atoms. The fourth-order valence-electron chi connectivity index (χ4n) is 4.21. The third-order valence-corrected chi connectivity index (χ3v) is 6.57. The molecule has 1 aromatic heterocycles. The summed E-state index contributed by atoms with van der Waals surface area (Å²) in [6, 6.07) is 3.84. The van der Waals surface area contributed by atoms with E-state index in [-0.39, 0.29) is 30.4 Å². The van der Waals surface area contributed by atoms with Gasteiger partial charge in [-0.1, -0.05) is 26.0 Å². The SMILES string of the molecule is CC(C)[C@H]1NC(=O)C(C)(C)NC(=O)C[C@@H](C(=O)NCCc2cnccn2)NC(=O)c2ccccc2OC[C@H](C)NC1=O. The molecule has 2 heterocycles. The van der Waals surface area contributed by atoms with Gasteiger partial charge in [-0.05, 0) is 38.8 Å². The maximum Gasteiger partial charge on any atom is 0.255 e. The summed E-state index contributed by atoms with van der Waals surface area (Å²) >= 11 is 0. The van der Waals surface area contributed by atoms with Gasteiger partial charge in [0.15, 0.2) is 0 Å².